The van der Waals surface area contributed by atoms with Gasteiger partial charge in [0.1, 0.15) is 11.9 Å². The third-order valence-corrected chi connectivity index (χ3v) is 4.29. The summed E-state index contributed by atoms with van der Waals surface area (Å²) in [5.74, 6) is 1.78. The van der Waals surface area contributed by atoms with Gasteiger partial charge < -0.3 is 20.3 Å². The van der Waals surface area contributed by atoms with Gasteiger partial charge in [0.05, 0.1) is 6.54 Å². The standard InChI is InChI=1S/C20H36N4O/c1-6-24(7-2)15-11-10-14-22-20(21-5)23-16-18(4)25-19-13-9-8-12-17(19)3/h8-9,12-13,18H,6-7,10-11,14-16H2,1-5H3,(H2,21,22,23). The van der Waals surface area contributed by atoms with Crippen LogP contribution in [0.2, 0.25) is 0 Å². The second kappa shape index (κ2) is 12.6. The zero-order valence-corrected chi connectivity index (χ0v) is 16.6. The van der Waals surface area contributed by atoms with Gasteiger partial charge in [-0.3, -0.25) is 4.99 Å². The molecule has 0 radical (unpaired) electrons. The van der Waals surface area contributed by atoms with E-state index in [4.69, 9.17) is 4.74 Å². The van der Waals surface area contributed by atoms with Crippen LogP contribution in [0, 0.1) is 6.92 Å². The molecule has 5 nitrogen and oxygen atoms in total. The quantitative estimate of drug-likeness (QED) is 0.367. The van der Waals surface area contributed by atoms with Gasteiger partial charge in [-0.25, -0.2) is 0 Å². The summed E-state index contributed by atoms with van der Waals surface area (Å²) in [6, 6.07) is 8.10. The first-order chi connectivity index (χ1) is 12.1. The van der Waals surface area contributed by atoms with Crippen LogP contribution in [0.5, 0.6) is 5.75 Å². The summed E-state index contributed by atoms with van der Waals surface area (Å²) < 4.78 is 5.98. The number of hydrogen-bond acceptors (Lipinski definition) is 3. The van der Waals surface area contributed by atoms with Gasteiger partial charge in [0, 0.05) is 13.6 Å². The number of nitrogens with zero attached hydrogens (tertiary/aromatic N) is 2. The van der Waals surface area contributed by atoms with Gasteiger partial charge in [0.2, 0.25) is 0 Å². The molecule has 0 amide bonds. The Bertz CT molecular complexity index is 500. The molecule has 1 atom stereocenters. The van der Waals surface area contributed by atoms with Crippen LogP contribution in [0.4, 0.5) is 0 Å². The number of unbranched alkanes of at least 4 members (excludes halogenated alkanes) is 1. The van der Waals surface area contributed by atoms with Crippen molar-refractivity contribution in [3.8, 4) is 5.75 Å². The summed E-state index contributed by atoms with van der Waals surface area (Å²) >= 11 is 0. The number of rotatable bonds is 11. The third-order valence-electron chi connectivity index (χ3n) is 4.29. The maximum Gasteiger partial charge on any atom is 0.191 e. The van der Waals surface area contributed by atoms with Gasteiger partial charge in [-0.05, 0) is 58.0 Å². The lowest BCUT2D eigenvalue weighted by Crippen LogP contribution is -2.42. The highest BCUT2D eigenvalue weighted by Gasteiger charge is 2.07. The topological polar surface area (TPSA) is 48.9 Å². The van der Waals surface area contributed by atoms with E-state index in [1.165, 1.54) is 13.0 Å². The van der Waals surface area contributed by atoms with Gasteiger partial charge in [-0.2, -0.15) is 0 Å². The summed E-state index contributed by atoms with van der Waals surface area (Å²) in [6.07, 6.45) is 2.42. The first kappa shape index (κ1) is 21.3. The van der Waals surface area contributed by atoms with Crippen molar-refractivity contribution in [2.45, 2.75) is 46.6 Å². The van der Waals surface area contributed by atoms with Crippen molar-refractivity contribution in [3.05, 3.63) is 29.8 Å². The number of nitrogens with one attached hydrogen (secondary N) is 2. The lowest BCUT2D eigenvalue weighted by atomic mass is 10.2. The average molecular weight is 349 g/mol. The Labute approximate surface area is 153 Å². The Balaban J connectivity index is 2.22. The number of aliphatic imine (C=N–C) groups is 1. The van der Waals surface area contributed by atoms with Crippen LogP contribution < -0.4 is 15.4 Å². The molecule has 0 heterocycles. The molecule has 0 aliphatic carbocycles. The van der Waals surface area contributed by atoms with Crippen LogP contribution in [0.1, 0.15) is 39.2 Å². The monoisotopic (exact) mass is 348 g/mol. The van der Waals surface area contributed by atoms with Crippen LogP contribution >= 0.6 is 0 Å². The predicted octanol–water partition coefficient (Wildman–Crippen LogP) is 3.05. The van der Waals surface area contributed by atoms with Gasteiger partial charge in [-0.15, -0.1) is 0 Å². The Morgan fingerprint density at radius 3 is 2.52 bits per heavy atom. The Morgan fingerprint density at radius 2 is 1.88 bits per heavy atom. The molecule has 0 bridgehead atoms. The number of guanidine groups is 1. The van der Waals surface area contributed by atoms with Crippen molar-refractivity contribution in [1.82, 2.24) is 15.5 Å². The zero-order valence-electron chi connectivity index (χ0n) is 16.6. The maximum atomic E-state index is 5.98. The highest BCUT2D eigenvalue weighted by molar-refractivity contribution is 5.79. The molecule has 0 aliphatic heterocycles. The molecule has 142 valence electrons. The van der Waals surface area contributed by atoms with Gasteiger partial charge >= 0.3 is 0 Å². The first-order valence-electron chi connectivity index (χ1n) is 9.49. The zero-order chi connectivity index (χ0) is 18.5. The van der Waals surface area contributed by atoms with E-state index in [0.29, 0.717) is 6.54 Å². The van der Waals surface area contributed by atoms with Crippen LogP contribution in [0.3, 0.4) is 0 Å². The molecule has 1 aromatic rings. The maximum absolute atomic E-state index is 5.98. The van der Waals surface area contributed by atoms with Gasteiger partial charge in [0.15, 0.2) is 5.96 Å². The second-order valence-corrected chi connectivity index (χ2v) is 6.31. The van der Waals surface area contributed by atoms with Crippen molar-refractivity contribution in [3.63, 3.8) is 0 Å². The summed E-state index contributed by atoms with van der Waals surface area (Å²) in [4.78, 5) is 6.73. The van der Waals surface area contributed by atoms with Gasteiger partial charge in [-0.1, -0.05) is 32.0 Å². The molecule has 1 aromatic carbocycles. The first-order valence-corrected chi connectivity index (χ1v) is 9.49. The van der Waals surface area contributed by atoms with E-state index in [2.05, 4.69) is 54.3 Å². The molecule has 0 saturated carbocycles. The number of ether oxygens (including phenoxy) is 1. The predicted molar refractivity (Wildman–Crippen MR) is 108 cm³/mol. The van der Waals surface area contributed by atoms with Crippen molar-refractivity contribution in [1.29, 1.82) is 0 Å². The minimum atomic E-state index is 0.0716. The summed E-state index contributed by atoms with van der Waals surface area (Å²) in [7, 11) is 1.80. The molecule has 2 N–H and O–H groups in total. The molecular weight excluding hydrogens is 312 g/mol. The Morgan fingerprint density at radius 1 is 1.16 bits per heavy atom. The SMILES string of the molecule is CCN(CC)CCCCNC(=NC)NCC(C)Oc1ccccc1C. The van der Waals surface area contributed by atoms with Gasteiger partial charge in [0.25, 0.3) is 0 Å². The Hall–Kier alpha value is -1.75. The largest absolute Gasteiger partial charge is 0.489 e. The van der Waals surface area contributed by atoms with E-state index in [-0.39, 0.29) is 6.10 Å². The summed E-state index contributed by atoms with van der Waals surface area (Å²) in [5, 5.41) is 6.71. The lowest BCUT2D eigenvalue weighted by molar-refractivity contribution is 0.222. The van der Waals surface area contributed by atoms with E-state index in [0.717, 1.165) is 43.3 Å². The lowest BCUT2D eigenvalue weighted by Gasteiger charge is -2.19. The van der Waals surface area contributed by atoms with Crippen LogP contribution in [-0.4, -0.2) is 56.7 Å². The van der Waals surface area contributed by atoms with E-state index in [1.807, 2.05) is 18.2 Å². The van der Waals surface area contributed by atoms with Crippen LogP contribution in [-0.2, 0) is 0 Å². The van der Waals surface area contributed by atoms with Crippen LogP contribution in [0.15, 0.2) is 29.3 Å². The summed E-state index contributed by atoms with van der Waals surface area (Å²) in [5.41, 5.74) is 1.16. The molecular formula is C20H36N4O. The van der Waals surface area contributed by atoms with Crippen molar-refractivity contribution >= 4 is 5.96 Å². The molecule has 0 fully saturated rings. The van der Waals surface area contributed by atoms with E-state index < -0.39 is 0 Å². The minimum Gasteiger partial charge on any atom is -0.489 e. The number of aryl methyl sites for hydroxylation is 1. The van der Waals surface area contributed by atoms with E-state index in [1.54, 1.807) is 7.05 Å². The normalized spacial score (nSPS) is 13.0. The fraction of sp³-hybridized carbons (Fsp3) is 0.650. The number of benzene rings is 1. The molecule has 1 unspecified atom stereocenters. The highest BCUT2D eigenvalue weighted by atomic mass is 16.5. The fourth-order valence-corrected chi connectivity index (χ4v) is 2.62. The molecule has 5 heteroatoms. The molecule has 1 rings (SSSR count). The van der Waals surface area contributed by atoms with E-state index in [9.17, 15) is 0 Å². The third kappa shape index (κ3) is 8.77. The smallest absolute Gasteiger partial charge is 0.191 e. The number of hydrogen-bond donors (Lipinski definition) is 2. The van der Waals surface area contributed by atoms with Crippen molar-refractivity contribution < 1.29 is 4.74 Å². The average Bonchev–Trinajstić information content (AvgIpc) is 2.62. The molecule has 0 saturated heterocycles. The molecule has 25 heavy (non-hydrogen) atoms. The fourth-order valence-electron chi connectivity index (χ4n) is 2.62. The van der Waals surface area contributed by atoms with Crippen molar-refractivity contribution in [2.75, 3.05) is 39.8 Å². The van der Waals surface area contributed by atoms with Crippen molar-refractivity contribution in [2.24, 2.45) is 4.99 Å². The molecule has 0 aromatic heterocycles. The van der Waals surface area contributed by atoms with Crippen LogP contribution in [0.25, 0.3) is 0 Å². The molecule has 0 aliphatic rings. The highest BCUT2D eigenvalue weighted by Crippen LogP contribution is 2.17. The second-order valence-electron chi connectivity index (χ2n) is 6.31. The molecule has 0 spiro atoms. The van der Waals surface area contributed by atoms with E-state index >= 15 is 0 Å². The Kier molecular flexibility index (Phi) is 10.7. The number of para-hydroxylation sites is 1. The summed E-state index contributed by atoms with van der Waals surface area (Å²) in [6.45, 7) is 13.6. The minimum absolute atomic E-state index is 0.0716.